The molecule has 6 nitrogen and oxygen atoms in total. The summed E-state index contributed by atoms with van der Waals surface area (Å²) in [6.45, 7) is 6.54. The van der Waals surface area contributed by atoms with Gasteiger partial charge in [-0.1, -0.05) is 310 Å². The van der Waals surface area contributed by atoms with E-state index in [0.29, 0.717) is 19.3 Å². The van der Waals surface area contributed by atoms with Gasteiger partial charge in [-0.25, -0.2) is 0 Å². The van der Waals surface area contributed by atoms with Gasteiger partial charge in [-0.15, -0.1) is 0 Å². The van der Waals surface area contributed by atoms with Crippen LogP contribution < -0.4 is 0 Å². The number of hydrogen-bond donors (Lipinski definition) is 0. The van der Waals surface area contributed by atoms with Crippen LogP contribution in [0.1, 0.15) is 329 Å². The molecule has 0 aromatic carbocycles. The molecule has 0 aromatic rings. The zero-order valence-corrected chi connectivity index (χ0v) is 53.3. The maximum atomic E-state index is 12.9. The number of ether oxygens (including phenoxy) is 3. The molecule has 0 saturated carbocycles. The summed E-state index contributed by atoms with van der Waals surface area (Å²) in [5.41, 5.74) is 0. The topological polar surface area (TPSA) is 78.9 Å². The van der Waals surface area contributed by atoms with Crippen LogP contribution in [0.4, 0.5) is 0 Å². The molecule has 0 aliphatic carbocycles. The Labute approximate surface area is 501 Å². The summed E-state index contributed by atoms with van der Waals surface area (Å²) in [5.74, 6) is -0.880. The standard InChI is InChI=1S/C75H128O6/c1-4-7-10-13-16-19-22-25-27-29-31-32-33-34-35-36-37-38-39-40-41-42-43-44-45-47-48-50-53-56-59-62-65-68-74(77)80-71-72(70-79-73(76)67-64-61-58-55-52-24-21-18-15-12-9-6-3)81-75(78)69-66-63-60-57-54-51-49-46-30-28-26-23-20-17-14-11-8-5-2/h7,10,16,19,25,27-28,30-32,34-35,37-38,40-41,43-44,72H,4-6,8-9,11-15,17-18,20-24,26,29,33,36,39,42,45-71H2,1-3H3/b10-7-,19-16-,27-25-,30-28-,32-31-,35-34-,38-37-,41-40-,44-43-. The molecule has 0 spiro atoms. The lowest BCUT2D eigenvalue weighted by Gasteiger charge is -2.18. The Morgan fingerprint density at radius 1 is 0.259 bits per heavy atom. The van der Waals surface area contributed by atoms with Gasteiger partial charge in [0.15, 0.2) is 6.10 Å². The lowest BCUT2D eigenvalue weighted by Crippen LogP contribution is -2.30. The van der Waals surface area contributed by atoms with Crippen molar-refractivity contribution < 1.29 is 28.6 Å². The summed E-state index contributed by atoms with van der Waals surface area (Å²) >= 11 is 0. The van der Waals surface area contributed by atoms with E-state index in [0.717, 1.165) is 116 Å². The molecule has 1 unspecified atom stereocenters. The zero-order chi connectivity index (χ0) is 58.5. The minimum Gasteiger partial charge on any atom is -0.462 e. The van der Waals surface area contributed by atoms with Crippen LogP contribution in [-0.4, -0.2) is 37.2 Å². The largest absolute Gasteiger partial charge is 0.462 e. The fourth-order valence-corrected chi connectivity index (χ4v) is 9.63. The normalized spacial score (nSPS) is 12.8. The molecule has 0 aromatic heterocycles. The molecule has 464 valence electrons. The monoisotopic (exact) mass is 1120 g/mol. The van der Waals surface area contributed by atoms with E-state index < -0.39 is 6.10 Å². The first-order valence-corrected chi connectivity index (χ1v) is 34.4. The molecule has 0 aliphatic heterocycles. The third kappa shape index (κ3) is 66.8. The maximum absolute atomic E-state index is 12.9. The van der Waals surface area contributed by atoms with Gasteiger partial charge < -0.3 is 14.2 Å². The van der Waals surface area contributed by atoms with Crippen molar-refractivity contribution in [3.63, 3.8) is 0 Å². The van der Waals surface area contributed by atoms with E-state index in [9.17, 15) is 14.4 Å². The average molecular weight is 1130 g/mol. The van der Waals surface area contributed by atoms with Gasteiger partial charge in [0, 0.05) is 19.3 Å². The van der Waals surface area contributed by atoms with Crippen LogP contribution in [0, 0.1) is 0 Å². The molecule has 0 amide bonds. The highest BCUT2D eigenvalue weighted by Gasteiger charge is 2.19. The lowest BCUT2D eigenvalue weighted by molar-refractivity contribution is -0.167. The van der Waals surface area contributed by atoms with Crippen molar-refractivity contribution in [3.8, 4) is 0 Å². The van der Waals surface area contributed by atoms with Gasteiger partial charge in [0.1, 0.15) is 13.2 Å². The van der Waals surface area contributed by atoms with Gasteiger partial charge in [0.25, 0.3) is 0 Å². The van der Waals surface area contributed by atoms with E-state index in [1.54, 1.807) is 0 Å². The van der Waals surface area contributed by atoms with Gasteiger partial charge in [-0.2, -0.15) is 0 Å². The van der Waals surface area contributed by atoms with E-state index in [-0.39, 0.29) is 31.1 Å². The molecule has 0 saturated heterocycles. The van der Waals surface area contributed by atoms with Crippen molar-refractivity contribution >= 4 is 17.9 Å². The van der Waals surface area contributed by atoms with Crippen molar-refractivity contribution in [3.05, 3.63) is 109 Å². The fourth-order valence-electron chi connectivity index (χ4n) is 9.63. The van der Waals surface area contributed by atoms with E-state index in [1.165, 1.54) is 173 Å². The second-order valence-corrected chi connectivity index (χ2v) is 22.7. The van der Waals surface area contributed by atoms with Crippen molar-refractivity contribution in [2.24, 2.45) is 0 Å². The van der Waals surface area contributed by atoms with E-state index in [1.807, 2.05) is 0 Å². The number of hydrogen-bond acceptors (Lipinski definition) is 6. The number of esters is 3. The summed E-state index contributed by atoms with van der Waals surface area (Å²) < 4.78 is 16.9. The number of unbranched alkanes of at least 4 members (excludes halogenated alkanes) is 33. The van der Waals surface area contributed by atoms with Crippen LogP contribution in [0.25, 0.3) is 0 Å². The first-order chi connectivity index (χ1) is 40.0. The highest BCUT2D eigenvalue weighted by atomic mass is 16.6. The summed E-state index contributed by atoms with van der Waals surface area (Å²) in [7, 11) is 0. The van der Waals surface area contributed by atoms with Gasteiger partial charge in [0.2, 0.25) is 0 Å². The predicted octanol–water partition coefficient (Wildman–Crippen LogP) is 23.8. The van der Waals surface area contributed by atoms with Crippen molar-refractivity contribution in [2.45, 2.75) is 335 Å². The summed E-state index contributed by atoms with van der Waals surface area (Å²) in [6, 6.07) is 0. The Morgan fingerprint density at radius 3 is 0.765 bits per heavy atom. The van der Waals surface area contributed by atoms with E-state index >= 15 is 0 Å². The second kappa shape index (κ2) is 68.6. The van der Waals surface area contributed by atoms with Crippen molar-refractivity contribution in [1.29, 1.82) is 0 Å². The van der Waals surface area contributed by atoms with Crippen LogP contribution in [0.3, 0.4) is 0 Å². The van der Waals surface area contributed by atoms with Crippen molar-refractivity contribution in [1.82, 2.24) is 0 Å². The van der Waals surface area contributed by atoms with E-state index in [4.69, 9.17) is 14.2 Å². The Hall–Kier alpha value is -3.93. The predicted molar refractivity (Wildman–Crippen MR) is 353 cm³/mol. The number of allylic oxidation sites excluding steroid dienone is 18. The molecule has 0 fully saturated rings. The smallest absolute Gasteiger partial charge is 0.306 e. The minimum absolute atomic E-state index is 0.0790. The molecule has 0 N–H and O–H groups in total. The first kappa shape index (κ1) is 77.1. The molecular weight excluding hydrogens is 997 g/mol. The van der Waals surface area contributed by atoms with Crippen LogP contribution in [0.15, 0.2) is 109 Å². The van der Waals surface area contributed by atoms with Crippen LogP contribution in [-0.2, 0) is 28.6 Å². The Balaban J connectivity index is 4.26. The third-order valence-corrected chi connectivity index (χ3v) is 14.8. The molecule has 6 heteroatoms. The molecule has 81 heavy (non-hydrogen) atoms. The lowest BCUT2D eigenvalue weighted by atomic mass is 10.0. The quantitative estimate of drug-likeness (QED) is 0.0261. The van der Waals surface area contributed by atoms with Crippen LogP contribution in [0.2, 0.25) is 0 Å². The fraction of sp³-hybridized carbons (Fsp3) is 0.720. The molecule has 0 aliphatic rings. The van der Waals surface area contributed by atoms with Crippen LogP contribution >= 0.6 is 0 Å². The highest BCUT2D eigenvalue weighted by Crippen LogP contribution is 2.16. The molecule has 0 bridgehead atoms. The Kier molecular flexibility index (Phi) is 65.2. The van der Waals surface area contributed by atoms with Gasteiger partial charge in [-0.3, -0.25) is 14.4 Å². The zero-order valence-electron chi connectivity index (χ0n) is 53.3. The molecule has 1 atom stereocenters. The number of carbonyl (C=O) groups excluding carboxylic acids is 3. The number of rotatable bonds is 62. The van der Waals surface area contributed by atoms with Gasteiger partial charge in [0.05, 0.1) is 0 Å². The molecule has 0 rings (SSSR count). The average Bonchev–Trinajstić information content (AvgIpc) is 3.47. The Bertz CT molecular complexity index is 1620. The minimum atomic E-state index is -0.783. The second-order valence-electron chi connectivity index (χ2n) is 22.7. The maximum Gasteiger partial charge on any atom is 0.306 e. The van der Waals surface area contributed by atoms with Crippen molar-refractivity contribution in [2.75, 3.05) is 13.2 Å². The molecule has 0 radical (unpaired) electrons. The number of carbonyl (C=O) groups is 3. The SMILES string of the molecule is CC/C=C\C/C=C\C/C=C\C/C=C\C/C=C\C/C=C\C/C=C\C/C=C\CCCCCCCCCCC(=O)OCC(COC(=O)CCCCCCCCCCCCCC)OC(=O)CCCCCCCCC/C=C\CCCCCCCCC. The first-order valence-electron chi connectivity index (χ1n) is 34.4. The van der Waals surface area contributed by atoms with Gasteiger partial charge >= 0.3 is 17.9 Å². The molecular formula is C75H128O6. The van der Waals surface area contributed by atoms with Gasteiger partial charge in [-0.05, 0) is 109 Å². The van der Waals surface area contributed by atoms with E-state index in [2.05, 4.69) is 130 Å². The van der Waals surface area contributed by atoms with Crippen LogP contribution in [0.5, 0.6) is 0 Å². The highest BCUT2D eigenvalue weighted by molar-refractivity contribution is 5.71. The summed E-state index contributed by atoms with van der Waals surface area (Å²) in [6.07, 6.45) is 93.9. The third-order valence-electron chi connectivity index (χ3n) is 14.8. The summed E-state index contributed by atoms with van der Waals surface area (Å²) in [4.78, 5) is 38.3. The molecule has 0 heterocycles. The summed E-state index contributed by atoms with van der Waals surface area (Å²) in [5, 5.41) is 0. The Morgan fingerprint density at radius 2 is 0.481 bits per heavy atom.